The average Bonchev–Trinajstić information content (AvgIpc) is 3.72. The number of esters is 3. The number of primary amides is 1. The summed E-state index contributed by atoms with van der Waals surface area (Å²) in [5.74, 6) is -17.6. The Balaban J connectivity index is 1.13. The quantitative estimate of drug-likeness (QED) is 0.0584. The summed E-state index contributed by atoms with van der Waals surface area (Å²) in [7, 11) is -11.8. The van der Waals surface area contributed by atoms with Crippen LogP contribution in [0.4, 0.5) is 5.82 Å². The molecule has 7 heterocycles. The van der Waals surface area contributed by atoms with Crippen molar-refractivity contribution >= 4 is 56.4 Å². The molecule has 2 aromatic rings. The van der Waals surface area contributed by atoms with Crippen molar-refractivity contribution < 1.29 is 101 Å². The highest BCUT2D eigenvalue weighted by Gasteiger charge is 2.85. The Morgan fingerprint density at radius 1 is 0.982 bits per heavy atom. The Hall–Kier alpha value is -4.51. The summed E-state index contributed by atoms with van der Waals surface area (Å²) >= 11 is 0. The number of phosphoric ester groups is 2. The van der Waals surface area contributed by atoms with Gasteiger partial charge in [-0.05, 0) is 6.42 Å². The molecule has 0 spiro atoms. The highest BCUT2D eigenvalue weighted by Crippen LogP contribution is 2.63. The van der Waals surface area contributed by atoms with E-state index < -0.39 is 119 Å². The maximum absolute atomic E-state index is 13.2. The average molecular weight is 852 g/mol. The van der Waals surface area contributed by atoms with E-state index in [0.717, 1.165) is 17.2 Å². The molecule has 11 N–H and O–H groups in total. The van der Waals surface area contributed by atoms with Gasteiger partial charge in [0.25, 0.3) is 0 Å². The van der Waals surface area contributed by atoms with Crippen molar-refractivity contribution in [3.05, 3.63) is 36.7 Å². The molecule has 5 aliphatic rings. The van der Waals surface area contributed by atoms with Crippen LogP contribution in [0, 0.1) is 0 Å². The summed E-state index contributed by atoms with van der Waals surface area (Å²) in [6.45, 7) is -2.97. The predicted molar refractivity (Wildman–Crippen MR) is 171 cm³/mol. The number of amides is 1. The van der Waals surface area contributed by atoms with E-state index in [1.165, 1.54) is 23.4 Å². The van der Waals surface area contributed by atoms with Gasteiger partial charge < -0.3 is 75.4 Å². The molecule has 4 fully saturated rings. The van der Waals surface area contributed by atoms with Gasteiger partial charge in [-0.25, -0.2) is 28.9 Å². The van der Waals surface area contributed by atoms with Crippen LogP contribution in [-0.2, 0) is 65.4 Å². The van der Waals surface area contributed by atoms with Gasteiger partial charge in [-0.15, -0.1) is 0 Å². The van der Waals surface area contributed by atoms with E-state index >= 15 is 0 Å². The van der Waals surface area contributed by atoms with Crippen molar-refractivity contribution in [3.8, 4) is 0 Å². The second-order valence-corrected chi connectivity index (χ2v) is 16.1. The number of fused-ring (bicyclic) bond motifs is 3. The highest BCUT2D eigenvalue weighted by molar-refractivity contribution is 7.61. The zero-order valence-corrected chi connectivity index (χ0v) is 30.2. The van der Waals surface area contributed by atoms with Gasteiger partial charge in [-0.3, -0.25) is 28.0 Å². The van der Waals surface area contributed by atoms with E-state index in [1.807, 2.05) is 0 Å². The van der Waals surface area contributed by atoms with Gasteiger partial charge in [0.05, 0.1) is 25.8 Å². The van der Waals surface area contributed by atoms with E-state index in [2.05, 4.69) is 19.3 Å². The van der Waals surface area contributed by atoms with E-state index in [1.54, 1.807) is 0 Å². The summed E-state index contributed by atoms with van der Waals surface area (Å²) < 4.78 is 66.9. The minimum atomic E-state index is -6.04. The number of imidazole rings is 1. The van der Waals surface area contributed by atoms with Crippen LogP contribution < -0.4 is 11.5 Å². The molecular weight excluding hydrogens is 820 g/mol. The molecule has 57 heavy (non-hydrogen) atoms. The van der Waals surface area contributed by atoms with Gasteiger partial charge in [0.2, 0.25) is 12.1 Å². The van der Waals surface area contributed by atoms with E-state index in [0.29, 0.717) is 0 Å². The van der Waals surface area contributed by atoms with Crippen molar-refractivity contribution in [2.75, 3.05) is 18.9 Å². The number of hydrogen-bond donors (Lipinski definition) is 9. The first-order valence-electron chi connectivity index (χ1n) is 16.1. The number of anilines is 1. The van der Waals surface area contributed by atoms with Crippen molar-refractivity contribution in [2.45, 2.75) is 73.0 Å². The zero-order chi connectivity index (χ0) is 41.5. The number of allylic oxidation sites excluding steroid dienone is 1. The summed E-state index contributed by atoms with van der Waals surface area (Å²) in [6, 6.07) is 0. The van der Waals surface area contributed by atoms with Crippen LogP contribution in [0.5, 0.6) is 0 Å². The largest absolute Gasteiger partial charge is 0.481 e. The summed E-state index contributed by atoms with van der Waals surface area (Å²) in [5.41, 5.74) is 7.68. The van der Waals surface area contributed by atoms with Crippen LogP contribution in [0.2, 0.25) is 0 Å². The third-order valence-corrected chi connectivity index (χ3v) is 11.8. The minimum Gasteiger partial charge on any atom is -0.423 e. The molecule has 2 aromatic heterocycles. The minimum absolute atomic E-state index is 0.115. The standard InChI is InChI=1S/C27H31N7O21P2/c28-18-15-20(31-9-30-18)34(10-32-15)22-26(42)27(43)25(53-22,51-13(35)4-24(41,23(40)54-27)5-14(36)52-26)8-49-57(46,47)55-56(44,45)48-7-12-16(37)17(38)21(50-12)33-3-1-2-11(6-33)19(29)39/h1,3,6,9-10,12,16-17,21-22,37-38,41-43H,2,4-5,7-8H2,(H2,29,39)(H,44,45)(H,46,47)(H2,28,30,31)/t12-,16-,17-,21-,22-,24?,25+,26-,27-/m1/s1. The van der Waals surface area contributed by atoms with Crippen molar-refractivity contribution in [1.82, 2.24) is 24.4 Å². The Labute approximate surface area is 315 Å². The number of carbonyl (C=O) groups is 4. The molecule has 28 nitrogen and oxygen atoms in total. The maximum Gasteiger partial charge on any atom is 0.481 e. The van der Waals surface area contributed by atoms with Gasteiger partial charge in [-0.1, -0.05) is 6.08 Å². The molecule has 5 aliphatic heterocycles. The SMILES string of the molecule is NC(=O)C1=CN([C@@H]2O[C@H](COP(=O)(O)OP(=O)(O)OC[C@]34OC(=O)CC5(O)CC(=O)O[C@](O)([C@H](n6cnc7c(N)ncnc76)O3)[C@]4(O)OC5=O)[C@@H](O)[C@H]2O)C=CC1. The van der Waals surface area contributed by atoms with Crippen LogP contribution >= 0.6 is 15.6 Å². The van der Waals surface area contributed by atoms with Gasteiger partial charge in [-0.2, -0.15) is 4.31 Å². The maximum atomic E-state index is 13.2. The van der Waals surface area contributed by atoms with Crippen LogP contribution in [0.15, 0.2) is 36.7 Å². The summed E-state index contributed by atoms with van der Waals surface area (Å²) in [5, 5.41) is 55.8. The van der Waals surface area contributed by atoms with Crippen LogP contribution in [0.3, 0.4) is 0 Å². The fraction of sp³-hybridized carbons (Fsp3) is 0.519. The van der Waals surface area contributed by atoms with Crippen LogP contribution in [-0.4, -0.2) is 144 Å². The molecule has 0 aromatic carbocycles. The number of hydrogen-bond acceptors (Lipinski definition) is 24. The molecular formula is C27H31N7O21P2. The summed E-state index contributed by atoms with van der Waals surface area (Å²) in [4.78, 5) is 84.7. The van der Waals surface area contributed by atoms with E-state index in [4.69, 9.17) is 44.2 Å². The topological polar surface area (TPSA) is 417 Å². The first kappa shape index (κ1) is 40.7. The number of ether oxygens (including phenoxy) is 5. The molecule has 7 rings (SSSR count). The fourth-order valence-corrected chi connectivity index (χ4v) is 8.55. The number of nitrogen functional groups attached to an aromatic ring is 1. The molecule has 310 valence electrons. The Morgan fingerprint density at radius 3 is 2.37 bits per heavy atom. The van der Waals surface area contributed by atoms with Gasteiger partial charge in [0.15, 0.2) is 23.3 Å². The van der Waals surface area contributed by atoms with Crippen LogP contribution in [0.1, 0.15) is 25.5 Å². The molecule has 30 heteroatoms. The lowest BCUT2D eigenvalue weighted by molar-refractivity contribution is -0.411. The van der Waals surface area contributed by atoms with Gasteiger partial charge in [0.1, 0.15) is 36.8 Å². The molecule has 1 amide bonds. The smallest absolute Gasteiger partial charge is 0.423 e. The Morgan fingerprint density at radius 2 is 1.67 bits per heavy atom. The third kappa shape index (κ3) is 6.87. The zero-order valence-electron chi connectivity index (χ0n) is 28.4. The Bertz CT molecular complexity index is 2210. The van der Waals surface area contributed by atoms with Crippen molar-refractivity contribution in [2.24, 2.45) is 5.73 Å². The molecule has 0 radical (unpaired) electrons. The second kappa shape index (κ2) is 13.8. The first-order valence-corrected chi connectivity index (χ1v) is 19.1. The second-order valence-electron chi connectivity index (χ2n) is 13.1. The molecule has 4 saturated heterocycles. The lowest BCUT2D eigenvalue weighted by Crippen LogP contribution is -2.73. The van der Waals surface area contributed by atoms with Gasteiger partial charge in [0, 0.05) is 18.0 Å². The molecule has 0 aliphatic carbocycles. The van der Waals surface area contributed by atoms with E-state index in [9.17, 15) is 63.6 Å². The van der Waals surface area contributed by atoms with Crippen molar-refractivity contribution in [3.63, 3.8) is 0 Å². The predicted octanol–water partition coefficient (Wildman–Crippen LogP) is -4.54. The van der Waals surface area contributed by atoms with Crippen molar-refractivity contribution in [1.29, 1.82) is 0 Å². The fourth-order valence-electron chi connectivity index (χ4n) is 6.46. The molecule has 11 atom stereocenters. The number of nitrogens with two attached hydrogens (primary N) is 2. The lowest BCUT2D eigenvalue weighted by Gasteiger charge is -2.46. The summed E-state index contributed by atoms with van der Waals surface area (Å²) in [6.07, 6.45) is -5.64. The third-order valence-electron chi connectivity index (χ3n) is 9.21. The number of aromatic nitrogens is 4. The number of phosphoric acid groups is 2. The monoisotopic (exact) mass is 851 g/mol. The number of carbonyl (C=O) groups excluding carboxylic acids is 4. The van der Waals surface area contributed by atoms with Crippen LogP contribution in [0.25, 0.3) is 11.2 Å². The molecule has 2 bridgehead atoms. The first-order chi connectivity index (χ1) is 26.5. The number of aliphatic hydroxyl groups is 5. The molecule has 0 saturated carbocycles. The number of nitrogens with zero attached hydrogens (tertiary/aromatic N) is 5. The normalized spacial score (nSPS) is 37.2. The lowest BCUT2D eigenvalue weighted by atomic mass is 9.90. The van der Waals surface area contributed by atoms with Gasteiger partial charge >= 0.3 is 50.9 Å². The van der Waals surface area contributed by atoms with E-state index in [-0.39, 0.29) is 29.0 Å². The number of rotatable bonds is 11. The molecule has 3 unspecified atom stereocenters. The number of aliphatic hydroxyl groups excluding tert-OH is 2. The highest BCUT2D eigenvalue weighted by atomic mass is 31.3. The Kier molecular flexibility index (Phi) is 9.86.